The zero-order valence-electron chi connectivity index (χ0n) is 10.6. The molecule has 0 amide bonds. The van der Waals surface area contributed by atoms with Gasteiger partial charge in [0.05, 0.1) is 10.5 Å². The standard InChI is InChI=1S/C12H21NO3S/c1-12(2,3)17(15,16)7-6-11(14)9-4-5-10(13)8-9/h4-5,9-10H,6-8,13H2,1-3H3. The van der Waals surface area contributed by atoms with Crippen LogP contribution >= 0.6 is 0 Å². The third-order valence-electron chi connectivity index (χ3n) is 3.08. The number of carbonyl (C=O) groups is 1. The van der Waals surface area contributed by atoms with E-state index in [-0.39, 0.29) is 29.9 Å². The molecule has 1 aliphatic rings. The number of Topliss-reactive ketones (excluding diaryl/α,β-unsaturated/α-hetero) is 1. The van der Waals surface area contributed by atoms with Gasteiger partial charge in [0.2, 0.25) is 0 Å². The lowest BCUT2D eigenvalue weighted by molar-refractivity contribution is -0.121. The van der Waals surface area contributed by atoms with Crippen molar-refractivity contribution >= 4 is 15.6 Å². The smallest absolute Gasteiger partial charge is 0.155 e. The molecule has 0 saturated carbocycles. The Morgan fingerprint density at radius 1 is 1.35 bits per heavy atom. The first-order chi connectivity index (χ1) is 7.63. The van der Waals surface area contributed by atoms with Gasteiger partial charge in [-0.3, -0.25) is 4.79 Å². The minimum absolute atomic E-state index is 0.0259. The molecule has 0 spiro atoms. The van der Waals surface area contributed by atoms with E-state index in [0.29, 0.717) is 6.42 Å². The van der Waals surface area contributed by atoms with Gasteiger partial charge in [0.1, 0.15) is 5.78 Å². The van der Waals surface area contributed by atoms with Gasteiger partial charge in [-0.2, -0.15) is 0 Å². The van der Waals surface area contributed by atoms with Crippen LogP contribution in [0.1, 0.15) is 33.6 Å². The van der Waals surface area contributed by atoms with Crippen molar-refractivity contribution in [3.05, 3.63) is 12.2 Å². The van der Waals surface area contributed by atoms with E-state index < -0.39 is 14.6 Å². The molecule has 0 aromatic heterocycles. The first kappa shape index (κ1) is 14.4. The van der Waals surface area contributed by atoms with E-state index in [1.165, 1.54) is 0 Å². The second-order valence-electron chi connectivity index (χ2n) is 5.54. The maximum absolute atomic E-state index is 11.8. The fourth-order valence-electron chi connectivity index (χ4n) is 1.69. The van der Waals surface area contributed by atoms with E-state index in [1.807, 2.05) is 0 Å². The molecule has 5 heteroatoms. The van der Waals surface area contributed by atoms with Crippen LogP contribution in [0.2, 0.25) is 0 Å². The highest BCUT2D eigenvalue weighted by atomic mass is 32.2. The Morgan fingerprint density at radius 3 is 2.35 bits per heavy atom. The van der Waals surface area contributed by atoms with Crippen LogP contribution in [-0.4, -0.2) is 30.7 Å². The van der Waals surface area contributed by atoms with Crippen LogP contribution in [0.3, 0.4) is 0 Å². The van der Waals surface area contributed by atoms with Gasteiger partial charge in [0, 0.05) is 18.4 Å². The first-order valence-electron chi connectivity index (χ1n) is 5.82. The monoisotopic (exact) mass is 259 g/mol. The molecule has 98 valence electrons. The van der Waals surface area contributed by atoms with E-state index in [2.05, 4.69) is 0 Å². The molecule has 0 fully saturated rings. The van der Waals surface area contributed by atoms with Crippen LogP contribution in [0.25, 0.3) is 0 Å². The minimum Gasteiger partial charge on any atom is -0.324 e. The number of allylic oxidation sites excluding steroid dienone is 1. The van der Waals surface area contributed by atoms with Gasteiger partial charge in [-0.05, 0) is 27.2 Å². The summed E-state index contributed by atoms with van der Waals surface area (Å²) in [7, 11) is -3.21. The van der Waals surface area contributed by atoms with E-state index in [0.717, 1.165) is 0 Å². The second-order valence-corrected chi connectivity index (χ2v) is 8.40. The summed E-state index contributed by atoms with van der Waals surface area (Å²) in [5.41, 5.74) is 5.66. The Morgan fingerprint density at radius 2 is 1.94 bits per heavy atom. The summed E-state index contributed by atoms with van der Waals surface area (Å²) in [5, 5.41) is 0. The van der Waals surface area contributed by atoms with Gasteiger partial charge in [0.15, 0.2) is 9.84 Å². The van der Waals surface area contributed by atoms with Gasteiger partial charge in [-0.15, -0.1) is 0 Å². The molecule has 0 saturated heterocycles. The highest BCUT2D eigenvalue weighted by molar-refractivity contribution is 7.92. The lowest BCUT2D eigenvalue weighted by Crippen LogP contribution is -2.32. The zero-order chi connectivity index (χ0) is 13.3. The molecule has 0 bridgehead atoms. The molecule has 0 heterocycles. The van der Waals surface area contributed by atoms with Crippen LogP contribution in [0.4, 0.5) is 0 Å². The van der Waals surface area contributed by atoms with Gasteiger partial charge in [0.25, 0.3) is 0 Å². The van der Waals surface area contributed by atoms with Crippen LogP contribution in [0.15, 0.2) is 12.2 Å². The van der Waals surface area contributed by atoms with Gasteiger partial charge in [-0.1, -0.05) is 12.2 Å². The number of rotatable bonds is 4. The second kappa shape index (κ2) is 4.90. The maximum atomic E-state index is 11.8. The summed E-state index contributed by atoms with van der Waals surface area (Å²) in [5.74, 6) is -0.295. The van der Waals surface area contributed by atoms with E-state index in [1.54, 1.807) is 32.9 Å². The Balaban J connectivity index is 2.53. The summed E-state index contributed by atoms with van der Waals surface area (Å²) in [6, 6.07) is -0.0665. The average molecular weight is 259 g/mol. The molecular weight excluding hydrogens is 238 g/mol. The van der Waals surface area contributed by atoms with Crippen molar-refractivity contribution in [3.8, 4) is 0 Å². The summed E-state index contributed by atoms with van der Waals surface area (Å²) in [6.07, 6.45) is 4.28. The first-order valence-corrected chi connectivity index (χ1v) is 7.47. The lowest BCUT2D eigenvalue weighted by Gasteiger charge is -2.19. The average Bonchev–Trinajstić information content (AvgIpc) is 2.59. The van der Waals surface area contributed by atoms with E-state index in [4.69, 9.17) is 5.73 Å². The molecular formula is C12H21NO3S. The molecule has 2 unspecified atom stereocenters. The summed E-state index contributed by atoms with van der Waals surface area (Å²) >= 11 is 0. The van der Waals surface area contributed by atoms with Crippen LogP contribution < -0.4 is 5.73 Å². The number of hydrogen-bond acceptors (Lipinski definition) is 4. The third kappa shape index (κ3) is 3.64. The molecule has 1 aliphatic carbocycles. The Bertz CT molecular complexity index is 418. The lowest BCUT2D eigenvalue weighted by atomic mass is 10.0. The molecule has 2 atom stereocenters. The van der Waals surface area contributed by atoms with Crippen molar-refractivity contribution in [2.24, 2.45) is 11.7 Å². The third-order valence-corrected chi connectivity index (χ3v) is 5.69. The maximum Gasteiger partial charge on any atom is 0.155 e. The number of hydrogen-bond donors (Lipinski definition) is 1. The van der Waals surface area contributed by atoms with Crippen LogP contribution in [0.5, 0.6) is 0 Å². The molecule has 0 radical (unpaired) electrons. The number of nitrogens with two attached hydrogens (primary N) is 1. The summed E-state index contributed by atoms with van der Waals surface area (Å²) < 4.78 is 22.9. The van der Waals surface area contributed by atoms with E-state index in [9.17, 15) is 13.2 Å². The van der Waals surface area contributed by atoms with Gasteiger partial charge < -0.3 is 5.73 Å². The topological polar surface area (TPSA) is 77.2 Å². The Labute approximate surface area is 103 Å². The number of carbonyl (C=O) groups excluding carboxylic acids is 1. The Kier molecular flexibility index (Phi) is 4.15. The zero-order valence-corrected chi connectivity index (χ0v) is 11.5. The van der Waals surface area contributed by atoms with Crippen molar-refractivity contribution in [1.82, 2.24) is 0 Å². The molecule has 0 aromatic rings. The van der Waals surface area contributed by atoms with Crippen LogP contribution in [0, 0.1) is 5.92 Å². The minimum atomic E-state index is -3.21. The van der Waals surface area contributed by atoms with Crippen LogP contribution in [-0.2, 0) is 14.6 Å². The largest absolute Gasteiger partial charge is 0.324 e. The Hall–Kier alpha value is -0.680. The number of ketones is 1. The predicted molar refractivity (Wildman–Crippen MR) is 68.4 cm³/mol. The molecule has 2 N–H and O–H groups in total. The van der Waals surface area contributed by atoms with E-state index >= 15 is 0 Å². The summed E-state index contributed by atoms with van der Waals surface area (Å²) in [6.45, 7) is 4.95. The van der Waals surface area contributed by atoms with Crippen molar-refractivity contribution in [1.29, 1.82) is 0 Å². The highest BCUT2D eigenvalue weighted by Gasteiger charge is 2.30. The molecule has 1 rings (SSSR count). The van der Waals surface area contributed by atoms with Gasteiger partial charge >= 0.3 is 0 Å². The molecule has 0 aliphatic heterocycles. The fourth-order valence-corrected chi connectivity index (χ4v) is 2.77. The molecule has 4 nitrogen and oxygen atoms in total. The quantitative estimate of drug-likeness (QED) is 0.766. The molecule has 0 aromatic carbocycles. The van der Waals surface area contributed by atoms with Crippen molar-refractivity contribution in [2.45, 2.75) is 44.4 Å². The van der Waals surface area contributed by atoms with Crippen molar-refractivity contribution in [2.75, 3.05) is 5.75 Å². The highest BCUT2D eigenvalue weighted by Crippen LogP contribution is 2.21. The van der Waals surface area contributed by atoms with Crippen molar-refractivity contribution < 1.29 is 13.2 Å². The fraction of sp³-hybridized carbons (Fsp3) is 0.750. The SMILES string of the molecule is CC(C)(C)S(=O)(=O)CCC(=O)C1C=CC(N)C1. The summed E-state index contributed by atoms with van der Waals surface area (Å²) in [4.78, 5) is 11.8. The molecule has 17 heavy (non-hydrogen) atoms. The van der Waals surface area contributed by atoms with Crippen molar-refractivity contribution in [3.63, 3.8) is 0 Å². The normalized spacial score (nSPS) is 25.2. The number of sulfone groups is 1. The predicted octanol–water partition coefficient (Wildman–Crippen LogP) is 1.06. The van der Waals surface area contributed by atoms with Gasteiger partial charge in [-0.25, -0.2) is 8.42 Å².